The fraction of sp³-hybridized carbons (Fsp3) is 0.316. The molecule has 3 N–H and O–H groups in total. The summed E-state index contributed by atoms with van der Waals surface area (Å²) in [6.07, 6.45) is 0. The highest BCUT2D eigenvalue weighted by Crippen LogP contribution is 2.28. The van der Waals surface area contributed by atoms with Gasteiger partial charge in [-0.25, -0.2) is 4.79 Å². The van der Waals surface area contributed by atoms with E-state index in [9.17, 15) is 14.4 Å². The molecular weight excluding hydrogens is 350 g/mol. The van der Waals surface area contributed by atoms with Crippen molar-refractivity contribution in [1.29, 1.82) is 0 Å². The molecule has 8 nitrogen and oxygen atoms in total. The number of hydrogen-bond donors (Lipinski definition) is 3. The van der Waals surface area contributed by atoms with Gasteiger partial charge in [0, 0.05) is 18.3 Å². The summed E-state index contributed by atoms with van der Waals surface area (Å²) in [4.78, 5) is 39.0. The van der Waals surface area contributed by atoms with Gasteiger partial charge in [0.2, 0.25) is 5.91 Å². The summed E-state index contributed by atoms with van der Waals surface area (Å²) in [6.45, 7) is 6.74. The van der Waals surface area contributed by atoms with E-state index in [1.54, 1.807) is 39.0 Å². The molecule has 0 saturated heterocycles. The second kappa shape index (κ2) is 8.39. The smallest absolute Gasteiger partial charge is 0.340 e. The third-order valence-corrected chi connectivity index (χ3v) is 3.91. The Labute approximate surface area is 157 Å². The van der Waals surface area contributed by atoms with E-state index >= 15 is 0 Å². The molecule has 0 aliphatic carbocycles. The maximum Gasteiger partial charge on any atom is 0.340 e. The first-order chi connectivity index (χ1) is 12.8. The molecule has 1 aromatic heterocycles. The van der Waals surface area contributed by atoms with Crippen molar-refractivity contribution in [2.75, 3.05) is 24.4 Å². The van der Waals surface area contributed by atoms with E-state index in [-0.39, 0.29) is 18.2 Å². The summed E-state index contributed by atoms with van der Waals surface area (Å²) < 4.78 is 10.2. The summed E-state index contributed by atoms with van der Waals surface area (Å²) >= 11 is 0. The lowest BCUT2D eigenvalue weighted by Crippen LogP contribution is -2.15. The molecule has 0 bridgehead atoms. The number of aromatic nitrogens is 1. The van der Waals surface area contributed by atoms with Crippen LogP contribution in [0.15, 0.2) is 18.2 Å². The number of rotatable bonds is 6. The number of carbonyl (C=O) groups is 3. The number of esters is 1. The van der Waals surface area contributed by atoms with Crippen LogP contribution in [0.1, 0.15) is 46.0 Å². The van der Waals surface area contributed by atoms with E-state index in [0.717, 1.165) is 0 Å². The van der Waals surface area contributed by atoms with Crippen molar-refractivity contribution in [2.45, 2.75) is 27.7 Å². The van der Waals surface area contributed by atoms with Crippen LogP contribution in [0, 0.1) is 13.8 Å². The topological polar surface area (TPSA) is 110 Å². The Morgan fingerprint density at radius 1 is 1.15 bits per heavy atom. The average molecular weight is 373 g/mol. The second-order valence-corrected chi connectivity index (χ2v) is 5.90. The Morgan fingerprint density at radius 3 is 2.44 bits per heavy atom. The van der Waals surface area contributed by atoms with Crippen LogP contribution in [0.2, 0.25) is 0 Å². The highest BCUT2D eigenvalue weighted by Gasteiger charge is 2.23. The Kier molecular flexibility index (Phi) is 6.23. The van der Waals surface area contributed by atoms with Gasteiger partial charge in [0.05, 0.1) is 25.0 Å². The van der Waals surface area contributed by atoms with Gasteiger partial charge in [-0.2, -0.15) is 0 Å². The first-order valence-electron chi connectivity index (χ1n) is 8.41. The Bertz CT molecular complexity index is 886. The van der Waals surface area contributed by atoms with Crippen LogP contribution in [0.3, 0.4) is 0 Å². The molecule has 0 aliphatic heterocycles. The predicted molar refractivity (Wildman–Crippen MR) is 101 cm³/mol. The van der Waals surface area contributed by atoms with E-state index in [0.29, 0.717) is 33.9 Å². The first kappa shape index (κ1) is 20.0. The number of benzene rings is 1. The second-order valence-electron chi connectivity index (χ2n) is 5.90. The predicted octanol–water partition coefficient (Wildman–Crippen LogP) is 3.03. The van der Waals surface area contributed by atoms with Crippen molar-refractivity contribution in [3.63, 3.8) is 0 Å². The lowest BCUT2D eigenvalue weighted by Gasteiger charge is -2.12. The monoisotopic (exact) mass is 373 g/mol. The first-order valence-corrected chi connectivity index (χ1v) is 8.41. The normalized spacial score (nSPS) is 10.3. The zero-order chi connectivity index (χ0) is 20.1. The number of methoxy groups -OCH3 is 1. The lowest BCUT2D eigenvalue weighted by molar-refractivity contribution is -0.114. The highest BCUT2D eigenvalue weighted by atomic mass is 16.5. The van der Waals surface area contributed by atoms with Crippen molar-refractivity contribution in [3.8, 4) is 5.75 Å². The van der Waals surface area contributed by atoms with Crippen LogP contribution < -0.4 is 15.4 Å². The number of H-pyrrole nitrogens is 1. The standard InChI is InChI=1S/C19H23N3O5/c1-6-27-19(25)16-10(2)17(20-11(16)3)18(24)22-13-7-8-15(26-5)14(9-13)21-12(4)23/h7-9,20H,6H2,1-5H3,(H,21,23)(H,22,24). The highest BCUT2D eigenvalue weighted by molar-refractivity contribution is 6.07. The molecule has 0 saturated carbocycles. The minimum Gasteiger partial charge on any atom is -0.495 e. The van der Waals surface area contributed by atoms with Crippen LogP contribution in [0.25, 0.3) is 0 Å². The SMILES string of the molecule is CCOC(=O)c1c(C)[nH]c(C(=O)Nc2ccc(OC)c(NC(C)=O)c2)c1C. The zero-order valence-electron chi connectivity index (χ0n) is 16.0. The van der Waals surface area contributed by atoms with Gasteiger partial charge in [-0.05, 0) is 44.5 Å². The maximum atomic E-state index is 12.7. The minimum absolute atomic E-state index is 0.252. The van der Waals surface area contributed by atoms with Gasteiger partial charge in [0.25, 0.3) is 5.91 Å². The molecule has 0 atom stereocenters. The summed E-state index contributed by atoms with van der Waals surface area (Å²) in [5.41, 5.74) is 2.61. The van der Waals surface area contributed by atoms with Gasteiger partial charge in [0.15, 0.2) is 0 Å². The Balaban J connectivity index is 2.29. The molecule has 0 radical (unpaired) electrons. The Morgan fingerprint density at radius 2 is 1.85 bits per heavy atom. The van der Waals surface area contributed by atoms with Gasteiger partial charge in [0.1, 0.15) is 11.4 Å². The molecule has 0 aliphatic rings. The molecule has 27 heavy (non-hydrogen) atoms. The fourth-order valence-electron chi connectivity index (χ4n) is 2.75. The van der Waals surface area contributed by atoms with Gasteiger partial charge in [-0.15, -0.1) is 0 Å². The van der Waals surface area contributed by atoms with Crippen LogP contribution in [0.4, 0.5) is 11.4 Å². The number of carbonyl (C=O) groups excluding carboxylic acids is 3. The number of aryl methyl sites for hydroxylation is 1. The summed E-state index contributed by atoms with van der Waals surface area (Å²) in [5, 5.41) is 5.39. The molecule has 0 fully saturated rings. The molecule has 0 unspecified atom stereocenters. The van der Waals surface area contributed by atoms with Crippen molar-refractivity contribution < 1.29 is 23.9 Å². The van der Waals surface area contributed by atoms with Crippen LogP contribution in [0.5, 0.6) is 5.75 Å². The van der Waals surface area contributed by atoms with Crippen molar-refractivity contribution >= 4 is 29.2 Å². The number of anilines is 2. The van der Waals surface area contributed by atoms with Gasteiger partial charge < -0.3 is 25.1 Å². The molecular formula is C19H23N3O5. The van der Waals surface area contributed by atoms with E-state index in [1.807, 2.05) is 0 Å². The van der Waals surface area contributed by atoms with Crippen LogP contribution in [-0.2, 0) is 9.53 Å². The van der Waals surface area contributed by atoms with E-state index in [2.05, 4.69) is 15.6 Å². The largest absolute Gasteiger partial charge is 0.495 e. The molecule has 2 amide bonds. The zero-order valence-corrected chi connectivity index (χ0v) is 16.0. The molecule has 1 heterocycles. The number of aromatic amines is 1. The lowest BCUT2D eigenvalue weighted by atomic mass is 10.1. The third-order valence-electron chi connectivity index (χ3n) is 3.91. The van der Waals surface area contributed by atoms with Crippen molar-refractivity contribution in [1.82, 2.24) is 4.98 Å². The van der Waals surface area contributed by atoms with Crippen molar-refractivity contribution in [2.24, 2.45) is 0 Å². The number of nitrogens with one attached hydrogen (secondary N) is 3. The minimum atomic E-state index is -0.472. The van der Waals surface area contributed by atoms with Crippen LogP contribution >= 0.6 is 0 Å². The molecule has 2 rings (SSSR count). The van der Waals surface area contributed by atoms with Crippen molar-refractivity contribution in [3.05, 3.63) is 40.7 Å². The van der Waals surface area contributed by atoms with Gasteiger partial charge in [-0.1, -0.05) is 0 Å². The molecule has 144 valence electrons. The van der Waals surface area contributed by atoms with E-state index in [1.165, 1.54) is 14.0 Å². The van der Waals surface area contributed by atoms with E-state index in [4.69, 9.17) is 9.47 Å². The van der Waals surface area contributed by atoms with Gasteiger partial charge >= 0.3 is 5.97 Å². The fourth-order valence-corrected chi connectivity index (χ4v) is 2.75. The number of amides is 2. The number of hydrogen-bond acceptors (Lipinski definition) is 5. The average Bonchev–Trinajstić information content (AvgIpc) is 2.89. The Hall–Kier alpha value is -3.29. The molecule has 2 aromatic rings. The number of ether oxygens (including phenoxy) is 2. The van der Waals surface area contributed by atoms with E-state index < -0.39 is 11.9 Å². The quantitative estimate of drug-likeness (QED) is 0.674. The molecule has 8 heteroatoms. The third kappa shape index (κ3) is 4.46. The summed E-state index contributed by atoms with van der Waals surface area (Å²) in [6, 6.07) is 4.88. The molecule has 1 aromatic carbocycles. The maximum absolute atomic E-state index is 12.7. The van der Waals surface area contributed by atoms with Gasteiger partial charge in [-0.3, -0.25) is 9.59 Å². The molecule has 0 spiro atoms. The summed E-state index contributed by atoms with van der Waals surface area (Å²) in [7, 11) is 1.49. The summed E-state index contributed by atoms with van der Waals surface area (Å²) in [5.74, 6) is -0.670. The van der Waals surface area contributed by atoms with Crippen LogP contribution in [-0.4, -0.2) is 36.5 Å².